The van der Waals surface area contributed by atoms with Crippen LogP contribution < -0.4 is 10.6 Å². The van der Waals surface area contributed by atoms with Gasteiger partial charge in [-0.1, -0.05) is 0 Å². The van der Waals surface area contributed by atoms with Crippen LogP contribution >= 0.6 is 0 Å². The van der Waals surface area contributed by atoms with Crippen molar-refractivity contribution in [3.8, 4) is 0 Å². The molecule has 120 valence electrons. The molecule has 3 aromatic heterocycles. The van der Waals surface area contributed by atoms with Crippen LogP contribution in [0.1, 0.15) is 29.9 Å². The summed E-state index contributed by atoms with van der Waals surface area (Å²) in [6.07, 6.45) is 3.35. The van der Waals surface area contributed by atoms with Gasteiger partial charge in [0.15, 0.2) is 11.5 Å². The quantitative estimate of drug-likeness (QED) is 0.786. The first kappa shape index (κ1) is 15.0. The number of rotatable bonds is 4. The Kier molecular flexibility index (Phi) is 3.51. The molecule has 1 amide bonds. The molecule has 0 fully saturated rings. The van der Waals surface area contributed by atoms with E-state index < -0.39 is 5.91 Å². The standard InChI is InChI=1S/C15H19N7O/c1-9(2)22(11-8-10(3)18-20(11)4)15-12(13(16)23)14-17-6-5-7-21(14)19-15/h5-9H,1-4H3,(H2,16,23). The molecular formula is C15H19N7O. The summed E-state index contributed by atoms with van der Waals surface area (Å²) in [7, 11) is 1.86. The van der Waals surface area contributed by atoms with Gasteiger partial charge in [0.05, 0.1) is 5.69 Å². The predicted octanol–water partition coefficient (Wildman–Crippen LogP) is 1.42. The van der Waals surface area contributed by atoms with Gasteiger partial charge < -0.3 is 10.6 Å². The molecular weight excluding hydrogens is 294 g/mol. The van der Waals surface area contributed by atoms with Crippen molar-refractivity contribution in [1.29, 1.82) is 0 Å². The van der Waals surface area contributed by atoms with Crippen molar-refractivity contribution < 1.29 is 4.79 Å². The lowest BCUT2D eigenvalue weighted by atomic mass is 10.2. The van der Waals surface area contributed by atoms with E-state index in [1.54, 1.807) is 27.7 Å². The highest BCUT2D eigenvalue weighted by Gasteiger charge is 2.27. The van der Waals surface area contributed by atoms with Gasteiger partial charge in [-0.15, -0.1) is 5.10 Å². The third-order valence-corrected chi connectivity index (χ3v) is 3.59. The Hall–Kier alpha value is -2.90. The molecule has 0 saturated carbocycles. The summed E-state index contributed by atoms with van der Waals surface area (Å²) in [5, 5.41) is 8.90. The summed E-state index contributed by atoms with van der Waals surface area (Å²) in [5.41, 5.74) is 7.24. The molecule has 0 aromatic carbocycles. The molecule has 8 nitrogen and oxygen atoms in total. The van der Waals surface area contributed by atoms with Crippen LogP contribution in [0.15, 0.2) is 24.5 Å². The van der Waals surface area contributed by atoms with E-state index in [0.717, 1.165) is 11.5 Å². The van der Waals surface area contributed by atoms with E-state index in [2.05, 4.69) is 15.2 Å². The van der Waals surface area contributed by atoms with Crippen LogP contribution in [0.2, 0.25) is 0 Å². The molecule has 0 spiro atoms. The highest BCUT2D eigenvalue weighted by Crippen LogP contribution is 2.31. The zero-order valence-electron chi connectivity index (χ0n) is 13.6. The fourth-order valence-electron chi connectivity index (χ4n) is 2.70. The largest absolute Gasteiger partial charge is 0.365 e. The Morgan fingerprint density at radius 2 is 2.09 bits per heavy atom. The molecule has 0 aliphatic heterocycles. The smallest absolute Gasteiger partial charge is 0.256 e. The molecule has 0 unspecified atom stereocenters. The fourth-order valence-corrected chi connectivity index (χ4v) is 2.70. The van der Waals surface area contributed by atoms with Gasteiger partial charge in [-0.05, 0) is 26.8 Å². The Morgan fingerprint density at radius 1 is 1.35 bits per heavy atom. The number of aromatic nitrogens is 5. The lowest BCUT2D eigenvalue weighted by Gasteiger charge is -2.26. The molecule has 0 bridgehead atoms. The number of hydrogen-bond donors (Lipinski definition) is 1. The van der Waals surface area contributed by atoms with Crippen molar-refractivity contribution in [2.75, 3.05) is 4.90 Å². The molecule has 3 heterocycles. The number of nitrogens with two attached hydrogens (primary N) is 1. The van der Waals surface area contributed by atoms with Gasteiger partial charge >= 0.3 is 0 Å². The Morgan fingerprint density at radius 3 is 2.65 bits per heavy atom. The average Bonchev–Trinajstić information content (AvgIpc) is 2.99. The minimum absolute atomic E-state index is 0.0489. The van der Waals surface area contributed by atoms with Crippen molar-refractivity contribution in [3.05, 3.63) is 35.8 Å². The Bertz CT molecular complexity index is 877. The van der Waals surface area contributed by atoms with Crippen molar-refractivity contribution in [2.45, 2.75) is 26.8 Å². The molecule has 8 heteroatoms. The minimum Gasteiger partial charge on any atom is -0.365 e. The number of primary amides is 1. The third-order valence-electron chi connectivity index (χ3n) is 3.59. The third kappa shape index (κ3) is 2.41. The predicted molar refractivity (Wildman–Crippen MR) is 86.7 cm³/mol. The van der Waals surface area contributed by atoms with Crippen molar-refractivity contribution >= 4 is 23.2 Å². The molecule has 2 N–H and O–H groups in total. The highest BCUT2D eigenvalue weighted by atomic mass is 16.1. The summed E-state index contributed by atoms with van der Waals surface area (Å²) < 4.78 is 3.32. The van der Waals surface area contributed by atoms with Crippen LogP contribution in [0.5, 0.6) is 0 Å². The summed E-state index contributed by atoms with van der Waals surface area (Å²) in [6, 6.07) is 3.75. The topological polar surface area (TPSA) is 94.3 Å². The van der Waals surface area contributed by atoms with Crippen LogP contribution in [0.25, 0.3) is 5.65 Å². The summed E-state index contributed by atoms with van der Waals surface area (Å²) in [5.74, 6) is 0.760. The first-order valence-electron chi connectivity index (χ1n) is 7.33. The van der Waals surface area contributed by atoms with Crippen LogP contribution in [0, 0.1) is 6.92 Å². The second-order valence-corrected chi connectivity index (χ2v) is 5.68. The van der Waals surface area contributed by atoms with Gasteiger partial charge in [0.25, 0.3) is 5.91 Å². The fraction of sp³-hybridized carbons (Fsp3) is 0.333. The SMILES string of the molecule is Cc1cc(N(c2nn3cccnc3c2C(N)=O)C(C)C)n(C)n1. The second kappa shape index (κ2) is 5.38. The number of nitrogens with zero attached hydrogens (tertiary/aromatic N) is 6. The maximum absolute atomic E-state index is 12.0. The van der Waals surface area contributed by atoms with E-state index in [1.807, 2.05) is 38.8 Å². The van der Waals surface area contributed by atoms with E-state index in [1.165, 1.54) is 0 Å². The molecule has 3 rings (SSSR count). The van der Waals surface area contributed by atoms with E-state index in [0.29, 0.717) is 17.0 Å². The normalized spacial score (nSPS) is 11.3. The van der Waals surface area contributed by atoms with E-state index in [-0.39, 0.29) is 6.04 Å². The number of hydrogen-bond acceptors (Lipinski definition) is 5. The summed E-state index contributed by atoms with van der Waals surface area (Å²) in [4.78, 5) is 18.2. The average molecular weight is 313 g/mol. The molecule has 3 aromatic rings. The number of carbonyl (C=O) groups is 1. The summed E-state index contributed by atoms with van der Waals surface area (Å²) in [6.45, 7) is 5.96. The first-order valence-corrected chi connectivity index (χ1v) is 7.33. The van der Waals surface area contributed by atoms with Crippen LogP contribution in [-0.4, -0.2) is 36.3 Å². The Labute approximate surface area is 133 Å². The second-order valence-electron chi connectivity index (χ2n) is 5.68. The molecule has 0 aliphatic rings. The van der Waals surface area contributed by atoms with Crippen LogP contribution in [0.3, 0.4) is 0 Å². The molecule has 23 heavy (non-hydrogen) atoms. The summed E-state index contributed by atoms with van der Waals surface area (Å²) >= 11 is 0. The van der Waals surface area contributed by atoms with Gasteiger partial charge in [0.2, 0.25) is 0 Å². The Balaban J connectivity index is 2.29. The monoisotopic (exact) mass is 313 g/mol. The van der Waals surface area contributed by atoms with E-state index in [4.69, 9.17) is 5.73 Å². The number of amides is 1. The lowest BCUT2D eigenvalue weighted by Crippen LogP contribution is -2.30. The highest BCUT2D eigenvalue weighted by molar-refractivity contribution is 6.04. The van der Waals surface area contributed by atoms with Gasteiger partial charge in [-0.25, -0.2) is 9.50 Å². The maximum Gasteiger partial charge on any atom is 0.256 e. The number of carbonyl (C=O) groups excluding carboxylic acids is 1. The number of anilines is 2. The molecule has 0 radical (unpaired) electrons. The van der Waals surface area contributed by atoms with Crippen molar-refractivity contribution in [1.82, 2.24) is 24.4 Å². The molecule has 0 atom stereocenters. The maximum atomic E-state index is 12.0. The number of aryl methyl sites for hydroxylation is 2. The first-order chi connectivity index (χ1) is 10.9. The van der Waals surface area contributed by atoms with Gasteiger partial charge in [-0.3, -0.25) is 9.48 Å². The zero-order chi connectivity index (χ0) is 16.7. The van der Waals surface area contributed by atoms with E-state index >= 15 is 0 Å². The minimum atomic E-state index is -0.557. The van der Waals surface area contributed by atoms with E-state index in [9.17, 15) is 4.79 Å². The van der Waals surface area contributed by atoms with Gasteiger partial charge in [0.1, 0.15) is 11.4 Å². The van der Waals surface area contributed by atoms with Crippen molar-refractivity contribution in [2.24, 2.45) is 12.8 Å². The van der Waals surface area contributed by atoms with Crippen LogP contribution in [0.4, 0.5) is 11.6 Å². The lowest BCUT2D eigenvalue weighted by molar-refractivity contribution is 0.100. The molecule has 0 aliphatic carbocycles. The van der Waals surface area contributed by atoms with Gasteiger partial charge in [0, 0.05) is 31.5 Å². The number of fused-ring (bicyclic) bond motifs is 1. The van der Waals surface area contributed by atoms with Crippen LogP contribution in [-0.2, 0) is 7.05 Å². The van der Waals surface area contributed by atoms with Crippen molar-refractivity contribution in [3.63, 3.8) is 0 Å². The van der Waals surface area contributed by atoms with Gasteiger partial charge in [-0.2, -0.15) is 5.10 Å². The molecule has 0 saturated heterocycles. The zero-order valence-corrected chi connectivity index (χ0v) is 13.6.